The molecule has 0 amide bonds. The number of cyclic esters (lactones) is 2. The van der Waals surface area contributed by atoms with E-state index in [2.05, 4.69) is 46.7 Å². The number of esters is 2. The van der Waals surface area contributed by atoms with E-state index in [9.17, 15) is 9.59 Å². The van der Waals surface area contributed by atoms with Crippen molar-refractivity contribution in [1.82, 2.24) is 4.90 Å². The number of hydrogen-bond donors (Lipinski definition) is 0. The van der Waals surface area contributed by atoms with Gasteiger partial charge in [-0.2, -0.15) is 0 Å². The van der Waals surface area contributed by atoms with Gasteiger partial charge in [-0.3, -0.25) is 9.59 Å². The maximum atomic E-state index is 13.8. The molecule has 0 aromatic carbocycles. The van der Waals surface area contributed by atoms with Gasteiger partial charge in [0.25, 0.3) is 0 Å². The molecular formula is C36H63NO7. The molecule has 13 atom stereocenters. The van der Waals surface area contributed by atoms with Gasteiger partial charge in [0.05, 0.1) is 48.5 Å². The van der Waals surface area contributed by atoms with Crippen molar-refractivity contribution in [3.8, 4) is 0 Å². The monoisotopic (exact) mass is 621 g/mol. The number of carbonyl (C=O) groups excluding carboxylic acids is 2. The highest BCUT2D eigenvalue weighted by atomic mass is 16.6. The van der Waals surface area contributed by atoms with Crippen molar-refractivity contribution in [2.45, 2.75) is 180 Å². The Kier molecular flexibility index (Phi) is 13.4. The number of fused-ring (bicyclic) bond motifs is 4. The zero-order valence-electron chi connectivity index (χ0n) is 29.0. The molecule has 0 aliphatic carbocycles. The highest BCUT2D eigenvalue weighted by molar-refractivity contribution is 5.73. The second-order valence-corrected chi connectivity index (χ2v) is 14.7. The molecule has 4 saturated heterocycles. The lowest BCUT2D eigenvalue weighted by Crippen LogP contribution is -2.44. The minimum absolute atomic E-state index is 0.0177. The van der Waals surface area contributed by atoms with Crippen LogP contribution in [0.15, 0.2) is 0 Å². The van der Waals surface area contributed by atoms with Crippen LogP contribution in [0.1, 0.15) is 125 Å². The maximum absolute atomic E-state index is 13.8. The summed E-state index contributed by atoms with van der Waals surface area (Å²) in [5, 5.41) is 0. The van der Waals surface area contributed by atoms with E-state index in [0.717, 1.165) is 70.6 Å². The Labute approximate surface area is 267 Å². The van der Waals surface area contributed by atoms with Crippen molar-refractivity contribution >= 4 is 11.9 Å². The predicted octanol–water partition coefficient (Wildman–Crippen LogP) is 6.71. The van der Waals surface area contributed by atoms with Gasteiger partial charge in [-0.1, -0.05) is 47.5 Å². The highest BCUT2D eigenvalue weighted by Gasteiger charge is 2.46. The Morgan fingerprint density at radius 2 is 1.52 bits per heavy atom. The average Bonchev–Trinajstić information content (AvgIpc) is 3.76. The number of hydrogen-bond acceptors (Lipinski definition) is 8. The van der Waals surface area contributed by atoms with Crippen LogP contribution in [0.4, 0.5) is 0 Å². The Bertz CT molecular complexity index is 913. The van der Waals surface area contributed by atoms with Gasteiger partial charge in [-0.25, -0.2) is 0 Å². The van der Waals surface area contributed by atoms with Gasteiger partial charge in [0.1, 0.15) is 12.2 Å². The van der Waals surface area contributed by atoms with Crippen LogP contribution in [0.5, 0.6) is 0 Å². The molecule has 0 spiro atoms. The zero-order valence-corrected chi connectivity index (χ0v) is 29.0. The molecule has 0 radical (unpaired) electrons. The third-order valence-corrected chi connectivity index (χ3v) is 11.3. The fourth-order valence-corrected chi connectivity index (χ4v) is 8.35. The first kappa shape index (κ1) is 35.6. The van der Waals surface area contributed by atoms with Gasteiger partial charge in [0, 0.05) is 24.3 Å². The van der Waals surface area contributed by atoms with Crippen molar-refractivity contribution in [3.05, 3.63) is 0 Å². The molecule has 4 bridgehead atoms. The largest absolute Gasteiger partial charge is 0.462 e. The Balaban J connectivity index is 1.53. The van der Waals surface area contributed by atoms with Crippen LogP contribution in [0.2, 0.25) is 0 Å². The van der Waals surface area contributed by atoms with Crippen LogP contribution in [0.25, 0.3) is 0 Å². The van der Waals surface area contributed by atoms with Crippen molar-refractivity contribution in [2.75, 3.05) is 14.1 Å². The minimum atomic E-state index is -0.365. The summed E-state index contributed by atoms with van der Waals surface area (Å²) in [6.07, 6.45) is 11.1. The van der Waals surface area contributed by atoms with E-state index in [1.807, 2.05) is 13.8 Å². The van der Waals surface area contributed by atoms with Crippen LogP contribution in [-0.4, -0.2) is 85.8 Å². The molecule has 8 nitrogen and oxygen atoms in total. The fourth-order valence-electron chi connectivity index (χ4n) is 8.35. The standard InChI is InChI=1S/C36H63NO7/c1-9-12-25(37(7)8)20-27-14-16-30(40-27)22(4)34-23(5)31-18-19-33(43-31)29(11-3)36(39)42-26(13-10-2)21-28-15-17-32(41-28)24(6)35(38)44-34/h22-34H,9-21H2,1-8H3/t22-,23-,24-,25-,26-,27+,28+,29-,30-,31+,32-,33-,34+/m1/s1. The molecular weight excluding hydrogens is 558 g/mol. The SMILES string of the molecule is CCC[C@@H]1C[C@@H]2CC[C@@H](O2)[C@@H](C)C(=O)O[C@@H]([C@H](C)[C@H]2CC[C@@H](C[C@@H](CCC)N(C)C)O2)[C@H](C)[C@@H]2CC[C@@H](O2)[C@@H](CC)C(=O)O1. The molecule has 4 aliphatic rings. The summed E-state index contributed by atoms with van der Waals surface area (Å²) >= 11 is 0. The van der Waals surface area contributed by atoms with Crippen LogP contribution < -0.4 is 0 Å². The average molecular weight is 622 g/mol. The number of nitrogens with zero attached hydrogens (tertiary/aromatic N) is 1. The molecule has 254 valence electrons. The summed E-state index contributed by atoms with van der Waals surface area (Å²) in [6, 6.07) is 0.508. The molecule has 0 unspecified atom stereocenters. The van der Waals surface area contributed by atoms with Crippen LogP contribution >= 0.6 is 0 Å². The lowest BCUT2D eigenvalue weighted by atomic mass is 9.84. The van der Waals surface area contributed by atoms with Crippen LogP contribution in [0, 0.1) is 23.7 Å². The van der Waals surface area contributed by atoms with E-state index in [1.54, 1.807) is 0 Å². The van der Waals surface area contributed by atoms with Gasteiger partial charge in [0.15, 0.2) is 0 Å². The van der Waals surface area contributed by atoms with E-state index in [0.29, 0.717) is 18.9 Å². The predicted molar refractivity (Wildman–Crippen MR) is 171 cm³/mol. The van der Waals surface area contributed by atoms with Crippen molar-refractivity contribution in [3.63, 3.8) is 0 Å². The zero-order chi connectivity index (χ0) is 32.0. The summed E-state index contributed by atoms with van der Waals surface area (Å²) in [7, 11) is 4.32. The molecule has 4 rings (SSSR count). The molecule has 0 N–H and O–H groups in total. The summed E-state index contributed by atoms with van der Waals surface area (Å²) in [5.41, 5.74) is 0. The number of rotatable bonds is 10. The normalized spacial score (nSPS) is 40.2. The second-order valence-electron chi connectivity index (χ2n) is 14.7. The minimum Gasteiger partial charge on any atom is -0.462 e. The lowest BCUT2D eigenvalue weighted by Gasteiger charge is -2.37. The first-order valence-corrected chi connectivity index (χ1v) is 18.1. The molecule has 4 aliphatic heterocycles. The Morgan fingerprint density at radius 1 is 0.795 bits per heavy atom. The molecule has 8 heteroatoms. The molecule has 0 aromatic rings. The van der Waals surface area contributed by atoms with Crippen molar-refractivity contribution in [1.29, 1.82) is 0 Å². The van der Waals surface area contributed by atoms with E-state index in [1.165, 1.54) is 0 Å². The van der Waals surface area contributed by atoms with E-state index in [4.69, 9.17) is 23.7 Å². The Morgan fingerprint density at radius 3 is 2.20 bits per heavy atom. The van der Waals surface area contributed by atoms with Gasteiger partial charge in [-0.05, 0) is 85.2 Å². The van der Waals surface area contributed by atoms with Crippen LogP contribution in [-0.2, 0) is 33.3 Å². The molecule has 0 saturated carbocycles. The van der Waals surface area contributed by atoms with Crippen molar-refractivity contribution < 1.29 is 33.3 Å². The van der Waals surface area contributed by atoms with Gasteiger partial charge >= 0.3 is 11.9 Å². The van der Waals surface area contributed by atoms with Gasteiger partial charge in [0.2, 0.25) is 0 Å². The third-order valence-electron chi connectivity index (χ3n) is 11.3. The van der Waals surface area contributed by atoms with Gasteiger partial charge in [-0.15, -0.1) is 0 Å². The Hall–Kier alpha value is -1.22. The first-order chi connectivity index (χ1) is 21.1. The quantitative estimate of drug-likeness (QED) is 0.249. The molecule has 0 aromatic heterocycles. The van der Waals surface area contributed by atoms with E-state index < -0.39 is 0 Å². The fraction of sp³-hybridized carbons (Fsp3) is 0.944. The second kappa shape index (κ2) is 16.6. The molecule has 44 heavy (non-hydrogen) atoms. The lowest BCUT2D eigenvalue weighted by molar-refractivity contribution is -0.175. The van der Waals surface area contributed by atoms with Gasteiger partial charge < -0.3 is 28.6 Å². The number of ether oxygens (including phenoxy) is 5. The smallest absolute Gasteiger partial charge is 0.311 e. The first-order valence-electron chi connectivity index (χ1n) is 18.1. The van der Waals surface area contributed by atoms with Crippen LogP contribution in [0.3, 0.4) is 0 Å². The van der Waals surface area contributed by atoms with Crippen molar-refractivity contribution in [2.24, 2.45) is 23.7 Å². The summed E-state index contributed by atoms with van der Waals surface area (Å²) < 4.78 is 32.5. The number of carbonyl (C=O) groups is 2. The summed E-state index contributed by atoms with van der Waals surface area (Å²) in [4.78, 5) is 29.6. The summed E-state index contributed by atoms with van der Waals surface area (Å²) in [6.45, 7) is 12.7. The van der Waals surface area contributed by atoms with E-state index in [-0.39, 0.29) is 84.4 Å². The third kappa shape index (κ3) is 8.77. The summed E-state index contributed by atoms with van der Waals surface area (Å²) in [5.74, 6) is -0.988. The maximum Gasteiger partial charge on any atom is 0.311 e. The van der Waals surface area contributed by atoms with E-state index >= 15 is 0 Å². The topological polar surface area (TPSA) is 83.5 Å². The molecule has 4 fully saturated rings. The molecule has 4 heterocycles. The highest BCUT2D eigenvalue weighted by Crippen LogP contribution is 2.40.